The van der Waals surface area contributed by atoms with Crippen molar-refractivity contribution in [3.05, 3.63) is 47.3 Å². The molecule has 0 bridgehead atoms. The number of hydrogen-bond acceptors (Lipinski definition) is 3. The fourth-order valence-electron chi connectivity index (χ4n) is 2.97. The lowest BCUT2D eigenvalue weighted by Gasteiger charge is -2.14. The van der Waals surface area contributed by atoms with Gasteiger partial charge in [0.15, 0.2) is 0 Å². The highest BCUT2D eigenvalue weighted by Crippen LogP contribution is 2.42. The second-order valence-electron chi connectivity index (χ2n) is 6.83. The Bertz CT molecular complexity index is 813. The number of alkyl halides is 3. The van der Waals surface area contributed by atoms with Gasteiger partial charge in [-0.15, -0.1) is 0 Å². The van der Waals surface area contributed by atoms with E-state index in [9.17, 15) is 18.0 Å². The van der Waals surface area contributed by atoms with Crippen LogP contribution in [0.4, 0.5) is 13.2 Å². The van der Waals surface area contributed by atoms with E-state index < -0.39 is 11.7 Å². The summed E-state index contributed by atoms with van der Waals surface area (Å²) in [7, 11) is 1.60. The van der Waals surface area contributed by atoms with Gasteiger partial charge < -0.3 is 10.1 Å². The second kappa shape index (κ2) is 7.72. The van der Waals surface area contributed by atoms with Crippen molar-refractivity contribution in [2.24, 2.45) is 0 Å². The van der Waals surface area contributed by atoms with Crippen LogP contribution >= 0.6 is 0 Å². The van der Waals surface area contributed by atoms with Crippen LogP contribution in [0, 0.1) is 0 Å². The maximum atomic E-state index is 13.0. The minimum Gasteiger partial charge on any atom is -0.385 e. The van der Waals surface area contributed by atoms with E-state index in [-0.39, 0.29) is 17.9 Å². The summed E-state index contributed by atoms with van der Waals surface area (Å²) in [4.78, 5) is 12.7. The first-order valence-corrected chi connectivity index (χ1v) is 8.86. The number of hydrogen-bond donors (Lipinski definition) is 1. The molecular weight excluding hydrogens is 359 g/mol. The summed E-state index contributed by atoms with van der Waals surface area (Å²) in [6.07, 6.45) is -0.538. The van der Waals surface area contributed by atoms with Crippen molar-refractivity contribution >= 4 is 5.91 Å². The molecule has 1 saturated carbocycles. The predicted octanol–water partition coefficient (Wildman–Crippen LogP) is 3.92. The number of carbonyl (C=O) groups is 1. The minimum atomic E-state index is -4.43. The topological polar surface area (TPSA) is 56.1 Å². The van der Waals surface area contributed by atoms with E-state index in [0.717, 1.165) is 25.0 Å². The molecule has 8 heteroatoms. The summed E-state index contributed by atoms with van der Waals surface area (Å²) in [5, 5.41) is 7.13. The second-order valence-corrected chi connectivity index (χ2v) is 6.83. The van der Waals surface area contributed by atoms with Crippen LogP contribution in [-0.2, 0) is 10.9 Å². The van der Waals surface area contributed by atoms with Gasteiger partial charge in [-0.25, -0.2) is 4.68 Å². The molecule has 1 heterocycles. The molecule has 5 nitrogen and oxygen atoms in total. The number of aromatic nitrogens is 2. The maximum Gasteiger partial charge on any atom is 0.416 e. The first-order chi connectivity index (χ1) is 12.8. The summed E-state index contributed by atoms with van der Waals surface area (Å²) < 4.78 is 45.6. The van der Waals surface area contributed by atoms with Gasteiger partial charge in [0.05, 0.1) is 28.7 Å². The molecule has 1 unspecified atom stereocenters. The molecule has 1 aromatic carbocycles. The highest BCUT2D eigenvalue weighted by molar-refractivity contribution is 5.95. The average Bonchev–Trinajstić information content (AvgIpc) is 3.37. The lowest BCUT2D eigenvalue weighted by molar-refractivity contribution is -0.137. The predicted molar refractivity (Wildman–Crippen MR) is 94.0 cm³/mol. The molecule has 3 rings (SSSR count). The normalized spacial score (nSPS) is 15.6. The summed E-state index contributed by atoms with van der Waals surface area (Å²) in [5.41, 5.74) is 0.652. The van der Waals surface area contributed by atoms with Crippen molar-refractivity contribution in [3.63, 3.8) is 0 Å². The Labute approximate surface area is 155 Å². The molecule has 1 aliphatic carbocycles. The van der Waals surface area contributed by atoms with Crippen LogP contribution in [0.5, 0.6) is 0 Å². The molecule has 2 aromatic rings. The average molecular weight is 381 g/mol. The fourth-order valence-corrected chi connectivity index (χ4v) is 2.97. The van der Waals surface area contributed by atoms with E-state index >= 15 is 0 Å². The Balaban J connectivity index is 1.90. The first kappa shape index (κ1) is 19.4. The number of carbonyl (C=O) groups excluding carboxylic acids is 1. The number of nitrogens with one attached hydrogen (secondary N) is 1. The van der Waals surface area contributed by atoms with Crippen molar-refractivity contribution in [1.29, 1.82) is 0 Å². The van der Waals surface area contributed by atoms with Gasteiger partial charge in [0, 0.05) is 25.7 Å². The maximum absolute atomic E-state index is 13.0. The Morgan fingerprint density at radius 3 is 2.78 bits per heavy atom. The number of nitrogens with zero attached hydrogens (tertiary/aromatic N) is 2. The van der Waals surface area contributed by atoms with E-state index in [4.69, 9.17) is 4.74 Å². The molecule has 0 radical (unpaired) electrons. The van der Waals surface area contributed by atoms with Gasteiger partial charge in [-0.05, 0) is 44.4 Å². The Kier molecular flexibility index (Phi) is 5.55. The molecule has 1 atom stereocenters. The first-order valence-electron chi connectivity index (χ1n) is 8.86. The number of ether oxygens (including phenoxy) is 1. The fraction of sp³-hybridized carbons (Fsp3) is 0.474. The Morgan fingerprint density at radius 1 is 1.41 bits per heavy atom. The molecule has 0 spiro atoms. The van der Waals surface area contributed by atoms with Crippen LogP contribution < -0.4 is 5.32 Å². The lowest BCUT2D eigenvalue weighted by Crippen LogP contribution is -2.33. The lowest BCUT2D eigenvalue weighted by atomic mass is 10.1. The van der Waals surface area contributed by atoms with Crippen LogP contribution in [0.15, 0.2) is 30.5 Å². The quantitative estimate of drug-likeness (QED) is 0.791. The molecule has 1 amide bonds. The summed E-state index contributed by atoms with van der Waals surface area (Å²) in [5.74, 6) is -0.129. The molecule has 1 fully saturated rings. The van der Waals surface area contributed by atoms with E-state index in [1.807, 2.05) is 6.92 Å². The molecule has 1 N–H and O–H groups in total. The number of methoxy groups -OCH3 is 1. The molecular formula is C19H22F3N3O2. The third kappa shape index (κ3) is 4.50. The van der Waals surface area contributed by atoms with E-state index in [1.54, 1.807) is 13.2 Å². The molecule has 0 aliphatic heterocycles. The van der Waals surface area contributed by atoms with Crippen molar-refractivity contribution in [3.8, 4) is 5.69 Å². The van der Waals surface area contributed by atoms with Gasteiger partial charge in [0.25, 0.3) is 5.91 Å². The molecule has 27 heavy (non-hydrogen) atoms. The number of rotatable bonds is 7. The van der Waals surface area contributed by atoms with Gasteiger partial charge in [-0.2, -0.15) is 18.3 Å². The van der Waals surface area contributed by atoms with E-state index in [0.29, 0.717) is 30.0 Å². The Hall–Kier alpha value is -2.35. The molecule has 146 valence electrons. The zero-order valence-corrected chi connectivity index (χ0v) is 15.2. The van der Waals surface area contributed by atoms with Crippen LogP contribution in [0.25, 0.3) is 5.69 Å². The summed E-state index contributed by atoms with van der Waals surface area (Å²) in [6.45, 7) is 2.41. The monoisotopic (exact) mass is 381 g/mol. The minimum absolute atomic E-state index is 0.0820. The number of halogens is 3. The molecule has 1 aliphatic rings. The van der Waals surface area contributed by atoms with Gasteiger partial charge in [-0.1, -0.05) is 6.07 Å². The van der Waals surface area contributed by atoms with Gasteiger partial charge in [-0.3, -0.25) is 4.79 Å². The van der Waals surface area contributed by atoms with Gasteiger partial charge in [0.1, 0.15) is 0 Å². The summed E-state index contributed by atoms with van der Waals surface area (Å²) >= 11 is 0. The van der Waals surface area contributed by atoms with Crippen LogP contribution in [0.2, 0.25) is 0 Å². The van der Waals surface area contributed by atoms with E-state index in [1.165, 1.54) is 16.9 Å². The van der Waals surface area contributed by atoms with Crippen LogP contribution in [0.3, 0.4) is 0 Å². The smallest absolute Gasteiger partial charge is 0.385 e. The molecule has 1 aromatic heterocycles. The van der Waals surface area contributed by atoms with Crippen LogP contribution in [0.1, 0.15) is 53.7 Å². The number of benzene rings is 1. The largest absolute Gasteiger partial charge is 0.416 e. The highest BCUT2D eigenvalue weighted by atomic mass is 19.4. The molecule has 0 saturated heterocycles. The zero-order valence-electron chi connectivity index (χ0n) is 15.2. The SMILES string of the molecule is COCCC(C)NC(=O)c1cnn(-c2cccc(C(F)(F)F)c2)c1C1CC1. The van der Waals surface area contributed by atoms with Crippen molar-refractivity contribution in [2.45, 2.75) is 44.3 Å². The van der Waals surface area contributed by atoms with Crippen LogP contribution in [-0.4, -0.2) is 35.4 Å². The van der Waals surface area contributed by atoms with Gasteiger partial charge in [0.2, 0.25) is 0 Å². The van der Waals surface area contributed by atoms with Crippen molar-refractivity contribution < 1.29 is 22.7 Å². The van der Waals surface area contributed by atoms with E-state index in [2.05, 4.69) is 10.4 Å². The zero-order chi connectivity index (χ0) is 19.6. The highest BCUT2D eigenvalue weighted by Gasteiger charge is 2.34. The third-order valence-corrected chi connectivity index (χ3v) is 4.57. The van der Waals surface area contributed by atoms with Crippen molar-refractivity contribution in [2.75, 3.05) is 13.7 Å². The van der Waals surface area contributed by atoms with Crippen molar-refractivity contribution in [1.82, 2.24) is 15.1 Å². The number of amides is 1. The summed E-state index contributed by atoms with van der Waals surface area (Å²) in [6, 6.07) is 4.91. The standard InChI is InChI=1S/C19H22F3N3O2/c1-12(8-9-27-2)24-18(26)16-11-23-25(17(16)13-6-7-13)15-5-3-4-14(10-15)19(20,21)22/h3-5,10-13H,6-9H2,1-2H3,(H,24,26). The van der Waals surface area contributed by atoms with Gasteiger partial charge >= 0.3 is 6.18 Å². The Morgan fingerprint density at radius 2 is 2.15 bits per heavy atom. The third-order valence-electron chi connectivity index (χ3n) is 4.57.